The molecule has 106 valence electrons. The lowest BCUT2D eigenvalue weighted by atomic mass is 10.0. The lowest BCUT2D eigenvalue weighted by molar-refractivity contribution is -0.117. The van der Waals surface area contributed by atoms with Crippen molar-refractivity contribution < 1.29 is 4.79 Å². The van der Waals surface area contributed by atoms with Crippen molar-refractivity contribution in [3.8, 4) is 0 Å². The molecule has 2 aromatic rings. The van der Waals surface area contributed by atoms with E-state index in [2.05, 4.69) is 10.3 Å². The molecule has 0 radical (unpaired) electrons. The molecule has 3 rings (SSSR count). The summed E-state index contributed by atoms with van der Waals surface area (Å²) < 4.78 is 0. The Morgan fingerprint density at radius 2 is 1.81 bits per heavy atom. The van der Waals surface area contributed by atoms with Gasteiger partial charge in [0.25, 0.3) is 5.91 Å². The zero-order chi connectivity index (χ0) is 15.0. The van der Waals surface area contributed by atoms with E-state index in [0.717, 1.165) is 11.1 Å². The fourth-order valence-electron chi connectivity index (χ4n) is 2.15. The van der Waals surface area contributed by atoms with Gasteiger partial charge in [-0.05, 0) is 18.2 Å². The van der Waals surface area contributed by atoms with Gasteiger partial charge in [-0.1, -0.05) is 47.5 Å². The number of halogens is 2. The second kappa shape index (κ2) is 5.48. The molecule has 1 aliphatic rings. The van der Waals surface area contributed by atoms with Gasteiger partial charge in [0.1, 0.15) is 0 Å². The highest BCUT2D eigenvalue weighted by Gasteiger charge is 2.24. The second-order valence-corrected chi connectivity index (χ2v) is 5.42. The zero-order valence-corrected chi connectivity index (χ0v) is 12.3. The highest BCUT2D eigenvalue weighted by Crippen LogP contribution is 2.30. The van der Waals surface area contributed by atoms with Crippen molar-refractivity contribution >= 4 is 40.5 Å². The van der Waals surface area contributed by atoms with E-state index < -0.39 is 12.1 Å². The Morgan fingerprint density at radius 3 is 2.52 bits per heavy atom. The molecule has 1 aliphatic heterocycles. The molecule has 6 heteroatoms. The van der Waals surface area contributed by atoms with E-state index in [4.69, 9.17) is 28.9 Å². The molecule has 0 aromatic heterocycles. The van der Waals surface area contributed by atoms with Crippen LogP contribution in [0.2, 0.25) is 10.0 Å². The molecule has 3 N–H and O–H groups in total. The average Bonchev–Trinajstić information content (AvgIpc) is 2.59. The van der Waals surface area contributed by atoms with Crippen molar-refractivity contribution in [1.29, 1.82) is 0 Å². The molecule has 0 spiro atoms. The minimum absolute atomic E-state index is 0.395. The first-order valence-corrected chi connectivity index (χ1v) is 7.01. The number of carbonyl (C=O) groups is 1. The van der Waals surface area contributed by atoms with Crippen molar-refractivity contribution in [2.24, 2.45) is 10.7 Å². The maximum Gasteiger partial charge on any atom is 0.263 e. The number of hydrogen-bond acceptors (Lipinski definition) is 3. The van der Waals surface area contributed by atoms with Gasteiger partial charge in [-0.3, -0.25) is 9.79 Å². The van der Waals surface area contributed by atoms with E-state index in [-0.39, 0.29) is 0 Å². The lowest BCUT2D eigenvalue weighted by Gasteiger charge is -2.11. The number of carbonyl (C=O) groups excluding carboxylic acids is 1. The lowest BCUT2D eigenvalue weighted by Crippen LogP contribution is -2.33. The van der Waals surface area contributed by atoms with Crippen molar-refractivity contribution in [1.82, 2.24) is 0 Å². The normalized spacial score (nSPS) is 17.6. The first kappa shape index (κ1) is 14.1. The first-order chi connectivity index (χ1) is 10.1. The second-order valence-electron chi connectivity index (χ2n) is 4.58. The van der Waals surface area contributed by atoms with Crippen molar-refractivity contribution in [2.45, 2.75) is 6.17 Å². The molecule has 21 heavy (non-hydrogen) atoms. The van der Waals surface area contributed by atoms with Gasteiger partial charge in [0, 0.05) is 16.1 Å². The summed E-state index contributed by atoms with van der Waals surface area (Å²) in [6, 6.07) is 12.5. The Bertz CT molecular complexity index is 741. The summed E-state index contributed by atoms with van der Waals surface area (Å²) in [4.78, 5) is 16.3. The third-order valence-electron chi connectivity index (χ3n) is 3.17. The van der Waals surface area contributed by atoms with Crippen LogP contribution >= 0.6 is 23.2 Å². The topological polar surface area (TPSA) is 67.5 Å². The van der Waals surface area contributed by atoms with E-state index >= 15 is 0 Å². The number of nitrogens with one attached hydrogen (secondary N) is 1. The van der Waals surface area contributed by atoms with Gasteiger partial charge < -0.3 is 11.1 Å². The monoisotopic (exact) mass is 319 g/mol. The van der Waals surface area contributed by atoms with Gasteiger partial charge in [-0.25, -0.2) is 0 Å². The number of rotatable bonds is 1. The highest BCUT2D eigenvalue weighted by atomic mass is 35.5. The summed E-state index contributed by atoms with van der Waals surface area (Å²) >= 11 is 12.1. The third-order valence-corrected chi connectivity index (χ3v) is 3.74. The summed E-state index contributed by atoms with van der Waals surface area (Å²) in [6.45, 7) is 0. The maximum absolute atomic E-state index is 11.9. The quantitative estimate of drug-likeness (QED) is 0.848. The molecule has 4 nitrogen and oxygen atoms in total. The number of benzene rings is 2. The molecule has 0 bridgehead atoms. The third kappa shape index (κ3) is 2.65. The molecule has 1 unspecified atom stereocenters. The van der Waals surface area contributed by atoms with Crippen molar-refractivity contribution in [3.05, 3.63) is 63.6 Å². The smallest absolute Gasteiger partial charge is 0.263 e. The number of para-hydroxylation sites is 1. The minimum atomic E-state index is -0.987. The molecule has 0 saturated carbocycles. The molecule has 1 amide bonds. The first-order valence-electron chi connectivity index (χ1n) is 6.25. The number of anilines is 1. The van der Waals surface area contributed by atoms with Crippen LogP contribution in [0.4, 0.5) is 5.69 Å². The van der Waals surface area contributed by atoms with Gasteiger partial charge >= 0.3 is 0 Å². The fraction of sp³-hybridized carbons (Fsp3) is 0.0667. The standard InChI is InChI=1S/C15H11Cl2N3O/c16-9-6-4-8(5-7-9)12-10-2-1-3-11(17)13(10)20-15(21)14(18)19-12/h1-7,14H,18H2,(H,20,21). The van der Waals surface area contributed by atoms with Crippen LogP contribution in [-0.4, -0.2) is 17.8 Å². The summed E-state index contributed by atoms with van der Waals surface area (Å²) in [5, 5.41) is 3.78. The van der Waals surface area contributed by atoms with Crippen molar-refractivity contribution in [3.63, 3.8) is 0 Å². The van der Waals surface area contributed by atoms with Crippen LogP contribution < -0.4 is 11.1 Å². The maximum atomic E-state index is 11.9. The van der Waals surface area contributed by atoms with Crippen LogP contribution in [0.25, 0.3) is 0 Å². The Labute approximate surface area is 131 Å². The van der Waals surface area contributed by atoms with E-state index in [9.17, 15) is 4.79 Å². The molecule has 0 saturated heterocycles. The van der Waals surface area contributed by atoms with E-state index in [1.165, 1.54) is 0 Å². The largest absolute Gasteiger partial charge is 0.321 e. The Kier molecular flexibility index (Phi) is 3.68. The van der Waals surface area contributed by atoms with Gasteiger partial charge in [0.2, 0.25) is 0 Å². The van der Waals surface area contributed by atoms with Crippen molar-refractivity contribution in [2.75, 3.05) is 5.32 Å². The highest BCUT2D eigenvalue weighted by molar-refractivity contribution is 6.36. The molecule has 2 aromatic carbocycles. The van der Waals surface area contributed by atoms with Crippen LogP contribution in [0.15, 0.2) is 47.5 Å². The molecular weight excluding hydrogens is 309 g/mol. The molecule has 0 aliphatic carbocycles. The van der Waals surface area contributed by atoms with Crippen LogP contribution in [-0.2, 0) is 4.79 Å². The SMILES string of the molecule is NC1N=C(c2ccc(Cl)cc2)c2cccc(Cl)c2NC1=O. The van der Waals surface area contributed by atoms with Crippen LogP contribution in [0, 0.1) is 0 Å². The molecular formula is C15H11Cl2N3O. The van der Waals surface area contributed by atoms with E-state index in [1.54, 1.807) is 24.3 Å². The van der Waals surface area contributed by atoms with Gasteiger partial charge in [-0.15, -0.1) is 0 Å². The Hall–Kier alpha value is -1.88. The summed E-state index contributed by atoms with van der Waals surface area (Å²) in [5.74, 6) is -0.395. The summed E-state index contributed by atoms with van der Waals surface area (Å²) in [7, 11) is 0. The summed E-state index contributed by atoms with van der Waals surface area (Å²) in [5.41, 5.74) is 8.47. The fourth-order valence-corrected chi connectivity index (χ4v) is 2.50. The number of benzodiazepines with no additional fused rings is 1. The van der Waals surface area contributed by atoms with E-state index in [0.29, 0.717) is 21.4 Å². The van der Waals surface area contributed by atoms with Gasteiger partial charge in [0.05, 0.1) is 16.4 Å². The minimum Gasteiger partial charge on any atom is -0.321 e. The number of hydrogen-bond donors (Lipinski definition) is 2. The number of nitrogens with zero attached hydrogens (tertiary/aromatic N) is 1. The van der Waals surface area contributed by atoms with Gasteiger partial charge in [0.15, 0.2) is 6.17 Å². The Morgan fingerprint density at radius 1 is 1.10 bits per heavy atom. The predicted molar refractivity (Wildman–Crippen MR) is 85.1 cm³/mol. The zero-order valence-electron chi connectivity index (χ0n) is 10.8. The number of fused-ring (bicyclic) bond motifs is 1. The molecule has 1 heterocycles. The number of amides is 1. The van der Waals surface area contributed by atoms with Crippen LogP contribution in [0.1, 0.15) is 11.1 Å². The molecule has 0 fully saturated rings. The van der Waals surface area contributed by atoms with Crippen LogP contribution in [0.3, 0.4) is 0 Å². The Balaban J connectivity index is 2.22. The van der Waals surface area contributed by atoms with Crippen LogP contribution in [0.5, 0.6) is 0 Å². The number of aliphatic imine (C=N–C) groups is 1. The molecule has 1 atom stereocenters. The predicted octanol–water partition coefficient (Wildman–Crippen LogP) is 3.07. The van der Waals surface area contributed by atoms with E-state index in [1.807, 2.05) is 18.2 Å². The number of nitrogens with two attached hydrogens (primary N) is 1. The van der Waals surface area contributed by atoms with Gasteiger partial charge in [-0.2, -0.15) is 0 Å². The average molecular weight is 320 g/mol. The summed E-state index contributed by atoms with van der Waals surface area (Å²) in [6.07, 6.45) is -0.987.